The van der Waals surface area contributed by atoms with Gasteiger partial charge >= 0.3 is 0 Å². The molecule has 0 spiro atoms. The number of nitrogens with zero attached hydrogens (tertiary/aromatic N) is 4. The fourth-order valence-electron chi connectivity index (χ4n) is 2.79. The molecule has 1 N–H and O–H groups in total. The van der Waals surface area contributed by atoms with Crippen LogP contribution in [0.3, 0.4) is 0 Å². The lowest BCUT2D eigenvalue weighted by Crippen LogP contribution is -2.33. The maximum atomic E-state index is 4.27. The first kappa shape index (κ1) is 12.5. The van der Waals surface area contributed by atoms with Crippen LogP contribution in [0.15, 0.2) is 0 Å². The number of tetrazole rings is 1. The van der Waals surface area contributed by atoms with Crippen LogP contribution in [-0.4, -0.2) is 32.8 Å². The number of hydrogen-bond acceptors (Lipinski definition) is 4. The predicted octanol–water partition coefficient (Wildman–Crippen LogP) is 1.17. The summed E-state index contributed by atoms with van der Waals surface area (Å²) in [5.74, 6) is 2.31. The monoisotopic (exact) mass is 237 g/mol. The van der Waals surface area contributed by atoms with Gasteiger partial charge in [-0.25, -0.2) is 0 Å². The van der Waals surface area contributed by atoms with Gasteiger partial charge in [0.2, 0.25) is 0 Å². The lowest BCUT2D eigenvalue weighted by Gasteiger charge is -2.20. The first-order valence-corrected chi connectivity index (χ1v) is 6.67. The van der Waals surface area contributed by atoms with Crippen molar-refractivity contribution in [2.75, 3.05) is 6.54 Å². The third kappa shape index (κ3) is 3.03. The second-order valence-electron chi connectivity index (χ2n) is 5.16. The van der Waals surface area contributed by atoms with Crippen LogP contribution in [-0.2, 0) is 13.5 Å². The third-order valence-corrected chi connectivity index (χ3v) is 3.88. The molecule has 0 aromatic carbocycles. The highest BCUT2D eigenvalue weighted by Gasteiger charge is 2.32. The van der Waals surface area contributed by atoms with Crippen LogP contribution < -0.4 is 5.32 Å². The fourth-order valence-corrected chi connectivity index (χ4v) is 2.79. The average molecular weight is 237 g/mol. The van der Waals surface area contributed by atoms with Crippen molar-refractivity contribution >= 4 is 0 Å². The summed E-state index contributed by atoms with van der Waals surface area (Å²) in [5.41, 5.74) is 0. The van der Waals surface area contributed by atoms with Gasteiger partial charge in [-0.3, -0.25) is 0 Å². The molecule has 5 heteroatoms. The molecule has 0 saturated heterocycles. The second kappa shape index (κ2) is 5.58. The molecule has 1 aliphatic carbocycles. The normalized spacial score (nSPS) is 28.8. The van der Waals surface area contributed by atoms with Crippen LogP contribution in [0.2, 0.25) is 0 Å². The van der Waals surface area contributed by atoms with Crippen LogP contribution in [0.4, 0.5) is 0 Å². The minimum Gasteiger partial charge on any atom is -0.314 e. The highest BCUT2D eigenvalue weighted by molar-refractivity contribution is 4.92. The van der Waals surface area contributed by atoms with E-state index >= 15 is 0 Å². The molecule has 1 fully saturated rings. The first-order chi connectivity index (χ1) is 8.20. The molecule has 1 aliphatic rings. The van der Waals surface area contributed by atoms with Crippen LogP contribution in [0.5, 0.6) is 0 Å². The lowest BCUT2D eigenvalue weighted by atomic mass is 9.92. The van der Waals surface area contributed by atoms with Gasteiger partial charge in [-0.05, 0) is 42.9 Å². The zero-order valence-electron chi connectivity index (χ0n) is 11.1. The van der Waals surface area contributed by atoms with Gasteiger partial charge in [-0.15, -0.1) is 10.2 Å². The van der Waals surface area contributed by atoms with E-state index < -0.39 is 0 Å². The number of nitrogens with one attached hydrogen (secondary N) is 1. The summed E-state index contributed by atoms with van der Waals surface area (Å²) in [5, 5.41) is 15.9. The molecule has 1 aromatic rings. The van der Waals surface area contributed by atoms with Crippen molar-refractivity contribution in [3.8, 4) is 0 Å². The summed E-state index contributed by atoms with van der Waals surface area (Å²) in [6.45, 7) is 5.69. The average Bonchev–Trinajstić information content (AvgIpc) is 2.86. The quantitative estimate of drug-likeness (QED) is 0.835. The Hall–Kier alpha value is -0.970. The molecule has 0 radical (unpaired) electrons. The van der Waals surface area contributed by atoms with Crippen molar-refractivity contribution < 1.29 is 0 Å². The Morgan fingerprint density at radius 3 is 2.88 bits per heavy atom. The third-order valence-electron chi connectivity index (χ3n) is 3.88. The van der Waals surface area contributed by atoms with Crippen LogP contribution in [0, 0.1) is 11.8 Å². The first-order valence-electron chi connectivity index (χ1n) is 6.67. The van der Waals surface area contributed by atoms with Gasteiger partial charge in [-0.2, -0.15) is 4.80 Å². The van der Waals surface area contributed by atoms with E-state index in [2.05, 4.69) is 34.6 Å². The van der Waals surface area contributed by atoms with E-state index in [-0.39, 0.29) is 0 Å². The van der Waals surface area contributed by atoms with Gasteiger partial charge in [0.25, 0.3) is 0 Å². The van der Waals surface area contributed by atoms with Crippen molar-refractivity contribution in [3.05, 3.63) is 5.82 Å². The minimum atomic E-state index is 0.677. The Kier molecular flexibility index (Phi) is 4.10. The van der Waals surface area contributed by atoms with Crippen LogP contribution >= 0.6 is 0 Å². The SMILES string of the molecule is CCCNC1CCC(Cc2nnn(C)n2)C1C. The van der Waals surface area contributed by atoms with E-state index in [1.807, 2.05) is 7.05 Å². The van der Waals surface area contributed by atoms with E-state index in [0.717, 1.165) is 18.8 Å². The Labute approximate surface area is 103 Å². The van der Waals surface area contributed by atoms with Gasteiger partial charge in [-0.1, -0.05) is 13.8 Å². The maximum absolute atomic E-state index is 4.27. The molecule has 0 amide bonds. The Bertz CT molecular complexity index is 348. The highest BCUT2D eigenvalue weighted by Crippen LogP contribution is 2.33. The zero-order chi connectivity index (χ0) is 12.3. The van der Waals surface area contributed by atoms with Gasteiger partial charge in [0.15, 0.2) is 5.82 Å². The summed E-state index contributed by atoms with van der Waals surface area (Å²) in [4.78, 5) is 1.54. The molecule has 1 aromatic heterocycles. The van der Waals surface area contributed by atoms with E-state index in [0.29, 0.717) is 17.9 Å². The van der Waals surface area contributed by atoms with Crippen molar-refractivity contribution in [3.63, 3.8) is 0 Å². The van der Waals surface area contributed by atoms with Crippen LogP contribution in [0.25, 0.3) is 0 Å². The molecular formula is C12H23N5. The van der Waals surface area contributed by atoms with Crippen molar-refractivity contribution in [2.45, 2.75) is 45.6 Å². The Balaban J connectivity index is 1.86. The zero-order valence-corrected chi connectivity index (χ0v) is 11.1. The number of hydrogen-bond donors (Lipinski definition) is 1. The molecule has 0 bridgehead atoms. The Morgan fingerprint density at radius 2 is 2.24 bits per heavy atom. The number of aromatic nitrogens is 4. The number of rotatable bonds is 5. The largest absolute Gasteiger partial charge is 0.314 e. The van der Waals surface area contributed by atoms with Crippen LogP contribution in [0.1, 0.15) is 38.9 Å². The van der Waals surface area contributed by atoms with Gasteiger partial charge in [0.1, 0.15) is 0 Å². The molecule has 1 saturated carbocycles. The van der Waals surface area contributed by atoms with E-state index in [4.69, 9.17) is 0 Å². The van der Waals surface area contributed by atoms with Gasteiger partial charge in [0.05, 0.1) is 7.05 Å². The highest BCUT2D eigenvalue weighted by atomic mass is 15.6. The standard InChI is InChI=1S/C12H23N5/c1-4-7-13-11-6-5-10(9(11)2)8-12-14-16-17(3)15-12/h9-11,13H,4-8H2,1-3H3. The minimum absolute atomic E-state index is 0.677. The predicted molar refractivity (Wildman–Crippen MR) is 66.5 cm³/mol. The summed E-state index contributed by atoms with van der Waals surface area (Å²) in [7, 11) is 1.82. The molecule has 3 unspecified atom stereocenters. The summed E-state index contributed by atoms with van der Waals surface area (Å²) >= 11 is 0. The summed E-state index contributed by atoms with van der Waals surface area (Å²) < 4.78 is 0. The molecule has 3 atom stereocenters. The maximum Gasteiger partial charge on any atom is 0.175 e. The van der Waals surface area contributed by atoms with E-state index in [1.54, 1.807) is 4.80 Å². The molecule has 0 aliphatic heterocycles. The summed E-state index contributed by atoms with van der Waals surface area (Å²) in [6.07, 6.45) is 4.74. The van der Waals surface area contributed by atoms with E-state index in [9.17, 15) is 0 Å². The second-order valence-corrected chi connectivity index (χ2v) is 5.16. The molecule has 5 nitrogen and oxygen atoms in total. The molecular weight excluding hydrogens is 214 g/mol. The van der Waals surface area contributed by atoms with Crippen molar-refractivity contribution in [1.29, 1.82) is 0 Å². The molecule has 96 valence electrons. The summed E-state index contributed by atoms with van der Waals surface area (Å²) in [6, 6.07) is 0.677. The lowest BCUT2D eigenvalue weighted by molar-refractivity contribution is 0.347. The van der Waals surface area contributed by atoms with Crippen molar-refractivity contribution in [1.82, 2.24) is 25.5 Å². The van der Waals surface area contributed by atoms with E-state index in [1.165, 1.54) is 19.3 Å². The smallest absolute Gasteiger partial charge is 0.175 e. The topological polar surface area (TPSA) is 55.6 Å². The molecule has 17 heavy (non-hydrogen) atoms. The Morgan fingerprint density at radius 1 is 1.41 bits per heavy atom. The fraction of sp³-hybridized carbons (Fsp3) is 0.917. The molecule has 2 rings (SSSR count). The van der Waals surface area contributed by atoms with Gasteiger partial charge in [0, 0.05) is 12.5 Å². The number of aryl methyl sites for hydroxylation is 1. The van der Waals surface area contributed by atoms with Crippen molar-refractivity contribution in [2.24, 2.45) is 18.9 Å². The van der Waals surface area contributed by atoms with Gasteiger partial charge < -0.3 is 5.32 Å². The molecule has 1 heterocycles.